The van der Waals surface area contributed by atoms with Crippen molar-refractivity contribution >= 4 is 23.4 Å². The fourth-order valence-electron chi connectivity index (χ4n) is 3.40. The highest BCUT2D eigenvalue weighted by Crippen LogP contribution is 2.35. The van der Waals surface area contributed by atoms with Crippen molar-refractivity contribution in [2.24, 2.45) is 0 Å². The molecule has 2 aliphatic rings. The van der Waals surface area contributed by atoms with Crippen LogP contribution in [0.1, 0.15) is 24.4 Å². The average molecular weight is 313 g/mol. The minimum Gasteiger partial charge on any atom is -0.309 e. The van der Waals surface area contributed by atoms with Crippen LogP contribution < -0.4 is 4.90 Å². The molecule has 0 spiro atoms. The molecule has 2 atom stereocenters. The van der Waals surface area contributed by atoms with E-state index in [4.69, 9.17) is 0 Å². The molecule has 1 amide bonds. The maximum absolute atomic E-state index is 13.0. The maximum Gasteiger partial charge on any atom is 0.240 e. The molecule has 4 nitrogen and oxygen atoms in total. The van der Waals surface area contributed by atoms with Crippen LogP contribution in [0.15, 0.2) is 42.7 Å². The first-order valence-corrected chi connectivity index (χ1v) is 8.88. The second-order valence-corrected chi connectivity index (χ2v) is 7.23. The molecular weight excluding hydrogens is 294 g/mol. The van der Waals surface area contributed by atoms with Crippen molar-refractivity contribution in [3.05, 3.63) is 48.3 Å². The zero-order valence-electron chi connectivity index (χ0n) is 12.4. The van der Waals surface area contributed by atoms with Crippen LogP contribution in [0.3, 0.4) is 0 Å². The number of hydrogen-bond donors (Lipinski definition) is 0. The fourth-order valence-corrected chi connectivity index (χ4v) is 4.62. The fraction of sp³-hybridized carbons (Fsp3) is 0.412. The molecule has 3 heterocycles. The monoisotopic (exact) mass is 313 g/mol. The van der Waals surface area contributed by atoms with Crippen molar-refractivity contribution in [2.45, 2.75) is 30.6 Å². The summed E-state index contributed by atoms with van der Waals surface area (Å²) in [5.41, 5.74) is 2.33. The lowest BCUT2D eigenvalue weighted by atomic mass is 9.97. The molecule has 0 aliphatic carbocycles. The van der Waals surface area contributed by atoms with Gasteiger partial charge in [0.25, 0.3) is 0 Å². The van der Waals surface area contributed by atoms with E-state index in [1.165, 1.54) is 5.56 Å². The first-order valence-electron chi connectivity index (χ1n) is 7.83. The van der Waals surface area contributed by atoms with Gasteiger partial charge in [0.1, 0.15) is 0 Å². The van der Waals surface area contributed by atoms with Crippen LogP contribution in [-0.4, -0.2) is 33.2 Å². The van der Waals surface area contributed by atoms with Crippen LogP contribution in [0.2, 0.25) is 0 Å². The third kappa shape index (κ3) is 2.43. The van der Waals surface area contributed by atoms with E-state index in [1.807, 2.05) is 27.9 Å². The number of para-hydroxylation sites is 1. The topological polar surface area (TPSA) is 38.1 Å². The van der Waals surface area contributed by atoms with Crippen molar-refractivity contribution in [1.82, 2.24) is 9.78 Å². The van der Waals surface area contributed by atoms with Crippen LogP contribution in [0.5, 0.6) is 0 Å². The second kappa shape index (κ2) is 5.80. The van der Waals surface area contributed by atoms with Gasteiger partial charge >= 0.3 is 0 Å². The van der Waals surface area contributed by atoms with Gasteiger partial charge in [-0.2, -0.15) is 5.10 Å². The van der Waals surface area contributed by atoms with E-state index in [0.29, 0.717) is 6.54 Å². The first kappa shape index (κ1) is 13.9. The Kier molecular flexibility index (Phi) is 3.66. The van der Waals surface area contributed by atoms with E-state index in [2.05, 4.69) is 23.3 Å². The normalized spacial score (nSPS) is 24.3. The van der Waals surface area contributed by atoms with E-state index >= 15 is 0 Å². The van der Waals surface area contributed by atoms with Crippen LogP contribution in [0.25, 0.3) is 0 Å². The Bertz CT molecular complexity index is 664. The number of carbonyl (C=O) groups is 1. The molecule has 1 aromatic carbocycles. The highest BCUT2D eigenvalue weighted by atomic mass is 32.2. The van der Waals surface area contributed by atoms with Crippen molar-refractivity contribution in [3.8, 4) is 0 Å². The summed E-state index contributed by atoms with van der Waals surface area (Å²) in [5, 5.41) is 4.51. The highest BCUT2D eigenvalue weighted by Gasteiger charge is 2.34. The Morgan fingerprint density at radius 1 is 1.27 bits per heavy atom. The van der Waals surface area contributed by atoms with E-state index in [-0.39, 0.29) is 17.2 Å². The Morgan fingerprint density at radius 3 is 2.95 bits per heavy atom. The number of anilines is 1. The molecule has 5 heteroatoms. The Labute approximate surface area is 134 Å². The summed E-state index contributed by atoms with van der Waals surface area (Å²) in [6.45, 7) is 0.717. The van der Waals surface area contributed by atoms with Crippen LogP contribution in [0, 0.1) is 0 Å². The van der Waals surface area contributed by atoms with Gasteiger partial charge in [-0.1, -0.05) is 18.2 Å². The summed E-state index contributed by atoms with van der Waals surface area (Å²) < 4.78 is 1.98. The third-order valence-electron chi connectivity index (χ3n) is 4.50. The Hall–Kier alpha value is -1.75. The zero-order valence-corrected chi connectivity index (χ0v) is 13.2. The van der Waals surface area contributed by atoms with Crippen LogP contribution in [0.4, 0.5) is 5.69 Å². The SMILES string of the molecule is O=C([C@H]1CCCS1)N1C[C@@H](n2cccn2)Cc2ccccc21. The summed E-state index contributed by atoms with van der Waals surface area (Å²) in [5.74, 6) is 1.38. The van der Waals surface area contributed by atoms with Crippen molar-refractivity contribution in [3.63, 3.8) is 0 Å². The second-order valence-electron chi connectivity index (χ2n) is 5.92. The molecule has 0 radical (unpaired) electrons. The number of carbonyl (C=O) groups excluding carboxylic acids is 1. The van der Waals surface area contributed by atoms with Gasteiger partial charge in [0, 0.05) is 24.6 Å². The predicted molar refractivity (Wildman–Crippen MR) is 89.2 cm³/mol. The van der Waals surface area contributed by atoms with E-state index in [9.17, 15) is 4.79 Å². The molecule has 1 aromatic heterocycles. The lowest BCUT2D eigenvalue weighted by Crippen LogP contribution is -2.44. The maximum atomic E-state index is 13.0. The summed E-state index contributed by atoms with van der Waals surface area (Å²) in [6, 6.07) is 10.4. The van der Waals surface area contributed by atoms with Crippen LogP contribution >= 0.6 is 11.8 Å². The molecule has 2 aromatic rings. The minimum absolute atomic E-state index is 0.129. The lowest BCUT2D eigenvalue weighted by Gasteiger charge is -2.36. The van der Waals surface area contributed by atoms with Gasteiger partial charge in [0.15, 0.2) is 0 Å². The standard InChI is InChI=1S/C17H19N3OS/c21-17(16-7-3-10-22-16)19-12-14(20-9-4-8-18-20)11-13-5-1-2-6-15(13)19/h1-2,4-6,8-9,14,16H,3,7,10-12H2/t14-,16+/m0/s1. The van der Waals surface area contributed by atoms with Gasteiger partial charge in [-0.3, -0.25) is 9.48 Å². The van der Waals surface area contributed by atoms with E-state index in [0.717, 1.165) is 30.7 Å². The van der Waals surface area contributed by atoms with Gasteiger partial charge in [0.2, 0.25) is 5.91 Å². The van der Waals surface area contributed by atoms with E-state index in [1.54, 1.807) is 18.0 Å². The van der Waals surface area contributed by atoms with Gasteiger partial charge in [-0.25, -0.2) is 0 Å². The first-order chi connectivity index (χ1) is 10.8. The van der Waals surface area contributed by atoms with Crippen molar-refractivity contribution in [2.75, 3.05) is 17.2 Å². The molecule has 1 saturated heterocycles. The smallest absolute Gasteiger partial charge is 0.240 e. The molecular formula is C17H19N3OS. The number of thioether (sulfide) groups is 1. The lowest BCUT2D eigenvalue weighted by molar-refractivity contribution is -0.118. The van der Waals surface area contributed by atoms with Crippen molar-refractivity contribution in [1.29, 1.82) is 0 Å². The molecule has 22 heavy (non-hydrogen) atoms. The molecule has 0 unspecified atom stereocenters. The predicted octanol–water partition coefficient (Wildman–Crippen LogP) is 2.91. The van der Waals surface area contributed by atoms with Gasteiger partial charge in [0.05, 0.1) is 11.3 Å². The molecule has 114 valence electrons. The number of benzene rings is 1. The quantitative estimate of drug-likeness (QED) is 0.855. The Balaban J connectivity index is 1.67. The molecule has 2 aliphatic heterocycles. The number of amides is 1. The number of nitrogens with zero attached hydrogens (tertiary/aromatic N) is 3. The molecule has 0 bridgehead atoms. The minimum atomic E-state index is 0.129. The third-order valence-corrected chi connectivity index (χ3v) is 5.87. The van der Waals surface area contributed by atoms with Crippen LogP contribution in [-0.2, 0) is 11.2 Å². The zero-order chi connectivity index (χ0) is 14.9. The van der Waals surface area contributed by atoms with Gasteiger partial charge in [-0.15, -0.1) is 11.8 Å². The molecule has 1 fully saturated rings. The number of aromatic nitrogens is 2. The Morgan fingerprint density at radius 2 is 2.18 bits per heavy atom. The van der Waals surface area contributed by atoms with Crippen molar-refractivity contribution < 1.29 is 4.79 Å². The summed E-state index contributed by atoms with van der Waals surface area (Å²) in [6.07, 6.45) is 6.89. The summed E-state index contributed by atoms with van der Waals surface area (Å²) in [4.78, 5) is 14.9. The molecule has 0 N–H and O–H groups in total. The number of rotatable bonds is 2. The molecule has 4 rings (SSSR count). The van der Waals surface area contributed by atoms with E-state index < -0.39 is 0 Å². The highest BCUT2D eigenvalue weighted by molar-refractivity contribution is 8.00. The summed E-state index contributed by atoms with van der Waals surface area (Å²) >= 11 is 1.80. The number of fused-ring (bicyclic) bond motifs is 1. The average Bonchev–Trinajstić information content (AvgIpc) is 3.26. The van der Waals surface area contributed by atoms with Gasteiger partial charge in [-0.05, 0) is 42.7 Å². The summed E-state index contributed by atoms with van der Waals surface area (Å²) in [7, 11) is 0. The van der Waals surface area contributed by atoms with Gasteiger partial charge < -0.3 is 4.90 Å². The number of hydrogen-bond acceptors (Lipinski definition) is 3. The largest absolute Gasteiger partial charge is 0.309 e. The molecule has 0 saturated carbocycles.